The van der Waals surface area contributed by atoms with E-state index >= 15 is 0 Å². The van der Waals surface area contributed by atoms with Crippen molar-refractivity contribution in [1.29, 1.82) is 0 Å². The van der Waals surface area contributed by atoms with E-state index < -0.39 is 16.5 Å². The van der Waals surface area contributed by atoms with E-state index in [1.54, 1.807) is 0 Å². The minimum atomic E-state index is -2.36. The number of hydrogen-bond donors (Lipinski definition) is 1. The van der Waals surface area contributed by atoms with Crippen LogP contribution in [0.25, 0.3) is 0 Å². The van der Waals surface area contributed by atoms with Crippen LogP contribution in [0.5, 0.6) is 0 Å². The van der Waals surface area contributed by atoms with E-state index in [9.17, 15) is 8.76 Å². The minimum Gasteiger partial charge on any atom is -0.770 e. The molecule has 0 fully saturated rings. The quantitative estimate of drug-likeness (QED) is 0.748. The van der Waals surface area contributed by atoms with Crippen LogP contribution in [-0.4, -0.2) is 19.3 Å². The molecule has 0 amide bonds. The number of aryl methyl sites for hydroxylation is 1. The number of rotatable bonds is 5. The summed E-state index contributed by atoms with van der Waals surface area (Å²) in [6.07, 6.45) is 1.78. The van der Waals surface area contributed by atoms with E-state index in [1.807, 2.05) is 30.3 Å². The van der Waals surface area contributed by atoms with Gasteiger partial charge in [-0.15, -0.1) is 0 Å². The Hall–Kier alpha value is -0.710. The van der Waals surface area contributed by atoms with E-state index in [0.29, 0.717) is 12.8 Å². The van der Waals surface area contributed by atoms with Crippen LogP contribution in [0.15, 0.2) is 30.3 Å². The van der Waals surface area contributed by atoms with Crippen LogP contribution < -0.4 is 0 Å². The molecule has 0 aliphatic heterocycles. The smallest absolute Gasteiger partial charge is 0.115 e. The Morgan fingerprint density at radius 2 is 2.00 bits per heavy atom. The van der Waals surface area contributed by atoms with E-state index in [0.717, 1.165) is 12.0 Å². The lowest BCUT2D eigenvalue weighted by Gasteiger charge is -2.12. The highest BCUT2D eigenvalue weighted by molar-refractivity contribution is 7.79. The van der Waals surface area contributed by atoms with Crippen LogP contribution >= 0.6 is 0 Å². The van der Waals surface area contributed by atoms with Gasteiger partial charge in [0, 0.05) is 0 Å². The highest BCUT2D eigenvalue weighted by Crippen LogP contribution is 2.07. The Balaban J connectivity index is 2.26. The average Bonchev–Trinajstić information content (AvgIpc) is 2.19. The van der Waals surface area contributed by atoms with Crippen molar-refractivity contribution in [3.8, 4) is 0 Å². The Morgan fingerprint density at radius 1 is 1.36 bits per heavy atom. The van der Waals surface area contributed by atoms with Crippen molar-refractivity contribution in [3.05, 3.63) is 35.9 Å². The standard InChI is InChI=1S/C10H14O3S/c11-10(14(12)13)8-4-7-9-5-2-1-3-6-9/h1-3,5-6,10-11H,4,7-8H2,(H,12,13)/p-1. The van der Waals surface area contributed by atoms with Crippen molar-refractivity contribution in [2.45, 2.75) is 24.7 Å². The summed E-state index contributed by atoms with van der Waals surface area (Å²) >= 11 is -2.36. The lowest BCUT2D eigenvalue weighted by atomic mass is 10.1. The van der Waals surface area contributed by atoms with Gasteiger partial charge in [-0.2, -0.15) is 0 Å². The summed E-state index contributed by atoms with van der Waals surface area (Å²) in [4.78, 5) is 0. The fourth-order valence-corrected chi connectivity index (χ4v) is 1.58. The summed E-state index contributed by atoms with van der Waals surface area (Å²) in [6.45, 7) is 0. The molecule has 0 aromatic heterocycles. The fourth-order valence-electron chi connectivity index (χ4n) is 1.22. The third-order valence-corrected chi connectivity index (χ3v) is 2.66. The maximum atomic E-state index is 10.3. The van der Waals surface area contributed by atoms with Crippen molar-refractivity contribution < 1.29 is 13.9 Å². The first-order valence-electron chi connectivity index (χ1n) is 4.50. The largest absolute Gasteiger partial charge is 0.770 e. The van der Waals surface area contributed by atoms with E-state index in [1.165, 1.54) is 0 Å². The predicted molar refractivity (Wildman–Crippen MR) is 54.3 cm³/mol. The Labute approximate surface area is 86.1 Å². The maximum Gasteiger partial charge on any atom is 0.115 e. The van der Waals surface area contributed by atoms with Crippen molar-refractivity contribution >= 4 is 11.1 Å². The Morgan fingerprint density at radius 3 is 2.57 bits per heavy atom. The van der Waals surface area contributed by atoms with Crippen molar-refractivity contribution in [2.75, 3.05) is 0 Å². The molecule has 0 spiro atoms. The zero-order valence-corrected chi connectivity index (χ0v) is 8.57. The van der Waals surface area contributed by atoms with Gasteiger partial charge in [0.15, 0.2) is 0 Å². The zero-order chi connectivity index (χ0) is 10.4. The summed E-state index contributed by atoms with van der Waals surface area (Å²) in [5.74, 6) is 0. The van der Waals surface area contributed by atoms with Crippen LogP contribution in [-0.2, 0) is 17.5 Å². The summed E-state index contributed by atoms with van der Waals surface area (Å²) < 4.78 is 20.6. The van der Waals surface area contributed by atoms with Gasteiger partial charge in [0.1, 0.15) is 5.44 Å². The van der Waals surface area contributed by atoms with Crippen molar-refractivity contribution in [2.24, 2.45) is 0 Å². The lowest BCUT2D eigenvalue weighted by molar-refractivity contribution is 0.231. The van der Waals surface area contributed by atoms with Gasteiger partial charge in [-0.3, -0.25) is 4.21 Å². The molecule has 4 heteroatoms. The second-order valence-electron chi connectivity index (χ2n) is 3.09. The second-order valence-corrected chi connectivity index (χ2v) is 4.16. The summed E-state index contributed by atoms with van der Waals surface area (Å²) in [7, 11) is 0. The maximum absolute atomic E-state index is 10.3. The summed E-state index contributed by atoms with van der Waals surface area (Å²) in [5, 5.41) is 8.99. The monoisotopic (exact) mass is 213 g/mol. The van der Waals surface area contributed by atoms with E-state index in [2.05, 4.69) is 0 Å². The van der Waals surface area contributed by atoms with Crippen LogP contribution in [0.2, 0.25) is 0 Å². The van der Waals surface area contributed by atoms with Gasteiger partial charge in [0.2, 0.25) is 0 Å². The van der Waals surface area contributed by atoms with Gasteiger partial charge < -0.3 is 9.66 Å². The topological polar surface area (TPSA) is 60.4 Å². The minimum absolute atomic E-state index is 0.297. The zero-order valence-electron chi connectivity index (χ0n) is 7.76. The summed E-state index contributed by atoms with van der Waals surface area (Å²) in [5.41, 5.74) is -0.0601. The van der Waals surface area contributed by atoms with Crippen LogP contribution in [0.1, 0.15) is 18.4 Å². The van der Waals surface area contributed by atoms with Crippen molar-refractivity contribution in [3.63, 3.8) is 0 Å². The first-order chi connectivity index (χ1) is 6.70. The van der Waals surface area contributed by atoms with Gasteiger partial charge in [-0.05, 0) is 35.9 Å². The normalized spacial score (nSPS) is 15.0. The molecule has 14 heavy (non-hydrogen) atoms. The molecule has 2 atom stereocenters. The highest BCUT2D eigenvalue weighted by atomic mass is 32.2. The molecule has 1 rings (SSSR count). The molecule has 1 N–H and O–H groups in total. The molecule has 1 aromatic carbocycles. The third kappa shape index (κ3) is 4.00. The predicted octanol–water partition coefficient (Wildman–Crippen LogP) is 1.21. The molecule has 0 saturated heterocycles. The van der Waals surface area contributed by atoms with Gasteiger partial charge in [-0.25, -0.2) is 0 Å². The molecular formula is C10H13O3S-. The first-order valence-corrected chi connectivity index (χ1v) is 5.64. The molecule has 0 saturated carbocycles. The first kappa shape index (κ1) is 11.4. The van der Waals surface area contributed by atoms with E-state index in [-0.39, 0.29) is 0 Å². The second kappa shape index (κ2) is 5.90. The lowest BCUT2D eigenvalue weighted by Crippen LogP contribution is -2.13. The van der Waals surface area contributed by atoms with Gasteiger partial charge in [0.05, 0.1) is 0 Å². The number of aliphatic hydroxyl groups excluding tert-OH is 1. The van der Waals surface area contributed by atoms with E-state index in [4.69, 9.17) is 5.11 Å². The SMILES string of the molecule is O=S([O-])C(O)CCCc1ccccc1. The van der Waals surface area contributed by atoms with Gasteiger partial charge >= 0.3 is 0 Å². The average molecular weight is 213 g/mol. The number of hydrogen-bond acceptors (Lipinski definition) is 3. The molecular weight excluding hydrogens is 200 g/mol. The van der Waals surface area contributed by atoms with Crippen LogP contribution in [0.4, 0.5) is 0 Å². The van der Waals surface area contributed by atoms with Gasteiger partial charge in [0.25, 0.3) is 0 Å². The molecule has 78 valence electrons. The molecule has 0 bridgehead atoms. The molecule has 2 unspecified atom stereocenters. The van der Waals surface area contributed by atoms with Crippen LogP contribution in [0.3, 0.4) is 0 Å². The van der Waals surface area contributed by atoms with Crippen LogP contribution in [0, 0.1) is 0 Å². The molecule has 0 heterocycles. The number of benzene rings is 1. The van der Waals surface area contributed by atoms with Crippen molar-refractivity contribution in [1.82, 2.24) is 0 Å². The van der Waals surface area contributed by atoms with Gasteiger partial charge in [-0.1, -0.05) is 30.3 Å². The third-order valence-electron chi connectivity index (χ3n) is 1.98. The molecule has 0 aliphatic rings. The molecule has 0 aliphatic carbocycles. The fraction of sp³-hybridized carbons (Fsp3) is 0.400. The molecule has 0 radical (unpaired) electrons. The molecule has 3 nitrogen and oxygen atoms in total. The number of aliphatic hydroxyl groups is 1. The molecule has 1 aromatic rings. The highest BCUT2D eigenvalue weighted by Gasteiger charge is 2.03. The summed E-state index contributed by atoms with van der Waals surface area (Å²) in [6, 6.07) is 9.79. The Bertz CT molecular complexity index is 287. The Kier molecular flexibility index (Phi) is 4.79.